The predicted octanol–water partition coefficient (Wildman–Crippen LogP) is -0.0325. The number of hydrogen-bond acceptors (Lipinski definition) is 5. The summed E-state index contributed by atoms with van der Waals surface area (Å²) in [6, 6.07) is 0.422. The Kier molecular flexibility index (Phi) is 4.25. The average Bonchev–Trinajstić information content (AvgIpc) is 2.64. The van der Waals surface area contributed by atoms with Crippen LogP contribution in [-0.4, -0.2) is 45.8 Å². The first-order valence-electron chi connectivity index (χ1n) is 5.81. The van der Waals surface area contributed by atoms with Gasteiger partial charge in [0.05, 0.1) is 11.9 Å². The summed E-state index contributed by atoms with van der Waals surface area (Å²) in [6.45, 7) is 4.54. The van der Waals surface area contributed by atoms with Gasteiger partial charge in [0.2, 0.25) is 0 Å². The van der Waals surface area contributed by atoms with Crippen LogP contribution >= 0.6 is 11.8 Å². The van der Waals surface area contributed by atoms with E-state index < -0.39 is 0 Å². The first-order valence-corrected chi connectivity index (χ1v) is 6.69. The number of thioether (sulfide) groups is 1. The highest BCUT2D eigenvalue weighted by molar-refractivity contribution is 7.99. The van der Waals surface area contributed by atoms with Crippen molar-refractivity contribution in [3.8, 4) is 0 Å². The molecule has 1 aliphatic heterocycles. The van der Waals surface area contributed by atoms with Gasteiger partial charge in [0, 0.05) is 19.7 Å². The van der Waals surface area contributed by atoms with Crippen LogP contribution in [0.5, 0.6) is 0 Å². The molecule has 2 rings (SSSR count). The van der Waals surface area contributed by atoms with Crippen LogP contribution in [0.25, 0.3) is 0 Å². The lowest BCUT2D eigenvalue weighted by Crippen LogP contribution is -2.44. The van der Waals surface area contributed by atoms with Gasteiger partial charge in [-0.15, -0.1) is 5.10 Å². The molecule has 96 valence electrons. The molecular formula is C10H18N4O2S. The first kappa shape index (κ1) is 12.7. The molecule has 1 aromatic heterocycles. The van der Waals surface area contributed by atoms with Gasteiger partial charge in [-0.1, -0.05) is 18.7 Å². The molecule has 6 nitrogen and oxygen atoms in total. The lowest BCUT2D eigenvalue weighted by atomic mass is 10.1. The maximum absolute atomic E-state index is 11.3. The van der Waals surface area contributed by atoms with Crippen molar-refractivity contribution < 1.29 is 4.74 Å². The fourth-order valence-electron chi connectivity index (χ4n) is 1.90. The van der Waals surface area contributed by atoms with Crippen molar-refractivity contribution in [2.75, 3.05) is 19.8 Å². The molecule has 1 aliphatic rings. The molecule has 1 fully saturated rings. The summed E-state index contributed by atoms with van der Waals surface area (Å²) in [5.74, 6) is 0. The zero-order chi connectivity index (χ0) is 12.3. The molecule has 2 N–H and O–H groups in total. The maximum Gasteiger partial charge on any atom is 0.343 e. The Morgan fingerprint density at radius 1 is 1.71 bits per heavy atom. The minimum Gasteiger partial charge on any atom is -0.380 e. The normalized spacial score (nSPS) is 25.1. The summed E-state index contributed by atoms with van der Waals surface area (Å²) in [5, 5.41) is 10.9. The molecule has 0 aromatic carbocycles. The fourth-order valence-corrected chi connectivity index (χ4v) is 3.07. The summed E-state index contributed by atoms with van der Waals surface area (Å²) < 4.78 is 7.02. The number of nitrogens with zero attached hydrogens (tertiary/aromatic N) is 2. The minimum atomic E-state index is -0.177. The molecule has 2 heterocycles. The van der Waals surface area contributed by atoms with Crippen LogP contribution in [0.4, 0.5) is 0 Å². The number of ether oxygens (including phenoxy) is 1. The predicted molar refractivity (Wildman–Crippen MR) is 66.4 cm³/mol. The lowest BCUT2D eigenvalue weighted by molar-refractivity contribution is 0.0836. The van der Waals surface area contributed by atoms with Gasteiger partial charge in [0.25, 0.3) is 0 Å². The number of hydrogen-bond donors (Lipinski definition) is 2. The van der Waals surface area contributed by atoms with Crippen molar-refractivity contribution in [1.29, 1.82) is 0 Å². The third kappa shape index (κ3) is 2.91. The molecule has 0 spiro atoms. The molecule has 1 saturated heterocycles. The van der Waals surface area contributed by atoms with Crippen LogP contribution in [0.3, 0.4) is 0 Å². The van der Waals surface area contributed by atoms with Gasteiger partial charge in [0.15, 0.2) is 5.16 Å². The van der Waals surface area contributed by atoms with Crippen molar-refractivity contribution in [2.45, 2.75) is 29.8 Å². The largest absolute Gasteiger partial charge is 0.380 e. The molecule has 0 amide bonds. The molecule has 17 heavy (non-hydrogen) atoms. The Morgan fingerprint density at radius 3 is 3.18 bits per heavy atom. The van der Waals surface area contributed by atoms with Crippen molar-refractivity contribution in [3.63, 3.8) is 0 Å². The first-order chi connectivity index (χ1) is 8.22. The Labute approximate surface area is 104 Å². The van der Waals surface area contributed by atoms with Crippen molar-refractivity contribution in [2.24, 2.45) is 7.05 Å². The molecule has 7 heteroatoms. The average molecular weight is 258 g/mol. The van der Waals surface area contributed by atoms with E-state index in [9.17, 15) is 4.79 Å². The molecule has 2 atom stereocenters. The second kappa shape index (κ2) is 5.70. The molecular weight excluding hydrogens is 240 g/mol. The molecule has 0 aliphatic carbocycles. The minimum absolute atomic E-state index is 0.177. The van der Waals surface area contributed by atoms with E-state index in [1.807, 2.05) is 0 Å². The van der Waals surface area contributed by atoms with Gasteiger partial charge in [-0.05, 0) is 13.0 Å². The van der Waals surface area contributed by atoms with Crippen molar-refractivity contribution in [1.82, 2.24) is 20.1 Å². The second-order valence-electron chi connectivity index (χ2n) is 4.05. The van der Waals surface area contributed by atoms with Gasteiger partial charge >= 0.3 is 5.69 Å². The van der Waals surface area contributed by atoms with E-state index >= 15 is 0 Å². The Balaban J connectivity index is 2.05. The summed E-state index contributed by atoms with van der Waals surface area (Å²) in [6.07, 6.45) is 1.00. The third-order valence-electron chi connectivity index (χ3n) is 2.87. The summed E-state index contributed by atoms with van der Waals surface area (Å²) in [4.78, 5) is 11.3. The van der Waals surface area contributed by atoms with Gasteiger partial charge in [-0.25, -0.2) is 9.89 Å². The van der Waals surface area contributed by atoms with Crippen LogP contribution in [0.15, 0.2) is 9.95 Å². The standard InChI is InChI=1S/C10H18N4O2S/c1-3-11-7-4-5-16-6-8(7)17-10-13-12-9(15)14(10)2/h7-8,11H,3-6H2,1-2H3,(H,12,15). The number of H-pyrrole nitrogens is 1. The zero-order valence-electron chi connectivity index (χ0n) is 10.1. The van der Waals surface area contributed by atoms with Crippen LogP contribution in [-0.2, 0) is 11.8 Å². The van der Waals surface area contributed by atoms with E-state index in [2.05, 4.69) is 22.4 Å². The van der Waals surface area contributed by atoms with Gasteiger partial charge < -0.3 is 10.1 Å². The van der Waals surface area contributed by atoms with Crippen LogP contribution in [0.2, 0.25) is 0 Å². The topological polar surface area (TPSA) is 71.9 Å². The van der Waals surface area contributed by atoms with Crippen molar-refractivity contribution in [3.05, 3.63) is 10.5 Å². The highest BCUT2D eigenvalue weighted by atomic mass is 32.2. The summed E-state index contributed by atoms with van der Waals surface area (Å²) in [5.41, 5.74) is -0.177. The summed E-state index contributed by atoms with van der Waals surface area (Å²) in [7, 11) is 1.72. The van der Waals surface area contributed by atoms with Gasteiger partial charge in [0.1, 0.15) is 0 Å². The van der Waals surface area contributed by atoms with E-state index in [0.29, 0.717) is 23.1 Å². The molecule has 2 unspecified atom stereocenters. The van der Waals surface area contributed by atoms with E-state index in [-0.39, 0.29) is 5.69 Å². The monoisotopic (exact) mass is 258 g/mol. The number of aromatic amines is 1. The maximum atomic E-state index is 11.3. The molecule has 0 bridgehead atoms. The van der Waals surface area contributed by atoms with E-state index in [1.54, 1.807) is 18.8 Å². The smallest absolute Gasteiger partial charge is 0.343 e. The number of nitrogens with one attached hydrogen (secondary N) is 2. The second-order valence-corrected chi connectivity index (χ2v) is 5.26. The van der Waals surface area contributed by atoms with E-state index in [0.717, 1.165) is 19.6 Å². The van der Waals surface area contributed by atoms with E-state index in [1.165, 1.54) is 4.57 Å². The van der Waals surface area contributed by atoms with Crippen molar-refractivity contribution >= 4 is 11.8 Å². The SMILES string of the molecule is CCNC1CCOCC1Sc1n[nH]c(=O)n1C. The highest BCUT2D eigenvalue weighted by Gasteiger charge is 2.27. The van der Waals surface area contributed by atoms with Crippen LogP contribution in [0.1, 0.15) is 13.3 Å². The number of rotatable bonds is 4. The molecule has 1 aromatic rings. The van der Waals surface area contributed by atoms with Gasteiger partial charge in [-0.3, -0.25) is 4.57 Å². The molecule has 0 radical (unpaired) electrons. The van der Waals surface area contributed by atoms with Crippen LogP contribution < -0.4 is 11.0 Å². The fraction of sp³-hybridized carbons (Fsp3) is 0.800. The zero-order valence-corrected chi connectivity index (χ0v) is 10.9. The number of aromatic nitrogens is 3. The van der Waals surface area contributed by atoms with Crippen LogP contribution in [0, 0.1) is 0 Å². The highest BCUT2D eigenvalue weighted by Crippen LogP contribution is 2.26. The van der Waals surface area contributed by atoms with Gasteiger partial charge in [-0.2, -0.15) is 0 Å². The third-order valence-corrected chi connectivity index (χ3v) is 4.21. The Bertz CT molecular complexity index is 415. The molecule has 0 saturated carbocycles. The quantitative estimate of drug-likeness (QED) is 0.793. The Morgan fingerprint density at radius 2 is 2.53 bits per heavy atom. The Hall–Kier alpha value is -0.790. The summed E-state index contributed by atoms with van der Waals surface area (Å²) >= 11 is 1.59. The van der Waals surface area contributed by atoms with E-state index in [4.69, 9.17) is 4.74 Å². The lowest BCUT2D eigenvalue weighted by Gasteiger charge is -2.31.